The molecule has 0 saturated heterocycles. The number of aliphatic hydroxyl groups is 2. The van der Waals surface area contributed by atoms with E-state index in [0.717, 1.165) is 5.56 Å². The Morgan fingerprint density at radius 3 is 2.54 bits per heavy atom. The highest BCUT2D eigenvalue weighted by Crippen LogP contribution is 2.11. The SMILES string of the molecule is NCN/C(N)=C(\CO)NCCNS#Cc1ccc(OCCO)cc1. The summed E-state index contributed by atoms with van der Waals surface area (Å²) in [5.74, 6) is 1.05. The second kappa shape index (κ2) is 12.4. The van der Waals surface area contributed by atoms with Crippen LogP contribution in [-0.4, -0.2) is 49.8 Å². The van der Waals surface area contributed by atoms with Crippen molar-refractivity contribution in [1.29, 1.82) is 0 Å². The molecule has 9 N–H and O–H groups in total. The van der Waals surface area contributed by atoms with Crippen molar-refractivity contribution in [2.24, 2.45) is 11.5 Å². The summed E-state index contributed by atoms with van der Waals surface area (Å²) in [6.45, 7) is 1.54. The Morgan fingerprint density at radius 1 is 1.17 bits per heavy atom. The zero-order chi connectivity index (χ0) is 17.6. The van der Waals surface area contributed by atoms with Gasteiger partial charge in [-0.05, 0) is 40.8 Å². The first-order chi connectivity index (χ1) is 11.7. The standard InChI is InChI=1S/C15H25N5O3S/c16-11-19-15(17)14(9-22)18-5-6-20-24-10-12-1-3-13(4-2-12)23-8-7-21/h1-4,18-22H,5-9,11,16-17H2/b15-14+. The Morgan fingerprint density at radius 2 is 1.92 bits per heavy atom. The summed E-state index contributed by atoms with van der Waals surface area (Å²) in [5, 5.41) is 26.8. The monoisotopic (exact) mass is 355 g/mol. The van der Waals surface area contributed by atoms with Gasteiger partial charge in [-0.15, -0.1) is 0 Å². The molecule has 134 valence electrons. The molecule has 24 heavy (non-hydrogen) atoms. The second-order valence-corrected chi connectivity index (χ2v) is 5.25. The van der Waals surface area contributed by atoms with Gasteiger partial charge in [-0.25, -0.2) is 4.72 Å². The molecule has 1 aromatic rings. The molecule has 0 radical (unpaired) electrons. The van der Waals surface area contributed by atoms with Gasteiger partial charge in [0.15, 0.2) is 0 Å². The highest BCUT2D eigenvalue weighted by Gasteiger charge is 2.00. The van der Waals surface area contributed by atoms with Gasteiger partial charge in [0.1, 0.15) is 18.2 Å². The maximum absolute atomic E-state index is 9.21. The fourth-order valence-corrected chi connectivity index (χ4v) is 2.18. The lowest BCUT2D eigenvalue weighted by Gasteiger charge is -2.12. The third kappa shape index (κ3) is 8.02. The van der Waals surface area contributed by atoms with Crippen molar-refractivity contribution in [3.63, 3.8) is 0 Å². The molecular formula is C15H25N5O3S. The van der Waals surface area contributed by atoms with E-state index in [1.165, 1.54) is 11.4 Å². The Hall–Kier alpha value is -2.00. The summed E-state index contributed by atoms with van der Waals surface area (Å²) in [7, 11) is 0. The van der Waals surface area contributed by atoms with Crippen LogP contribution in [0.15, 0.2) is 35.8 Å². The maximum Gasteiger partial charge on any atom is 0.119 e. The van der Waals surface area contributed by atoms with E-state index in [4.69, 9.17) is 21.3 Å². The lowest BCUT2D eigenvalue weighted by molar-refractivity contribution is 0.201. The van der Waals surface area contributed by atoms with E-state index in [-0.39, 0.29) is 26.5 Å². The quantitative estimate of drug-likeness (QED) is 0.158. The minimum Gasteiger partial charge on any atom is -0.491 e. The number of aliphatic hydroxyl groups excluding tert-OH is 2. The third-order valence-corrected chi connectivity index (χ3v) is 3.48. The molecule has 8 nitrogen and oxygen atoms in total. The van der Waals surface area contributed by atoms with Crippen LogP contribution in [0.2, 0.25) is 0 Å². The van der Waals surface area contributed by atoms with Crippen molar-refractivity contribution >= 4 is 11.4 Å². The van der Waals surface area contributed by atoms with Crippen LogP contribution in [0.4, 0.5) is 0 Å². The molecule has 0 fully saturated rings. The minimum absolute atomic E-state index is 0.00503. The van der Waals surface area contributed by atoms with Crippen LogP contribution >= 0.6 is 11.4 Å². The summed E-state index contributed by atoms with van der Waals surface area (Å²) in [6, 6.07) is 7.41. The van der Waals surface area contributed by atoms with Crippen molar-refractivity contribution in [1.82, 2.24) is 15.4 Å². The molecule has 0 aliphatic rings. The summed E-state index contributed by atoms with van der Waals surface area (Å²) >= 11 is 1.34. The van der Waals surface area contributed by atoms with Crippen molar-refractivity contribution in [2.45, 2.75) is 0 Å². The van der Waals surface area contributed by atoms with Crippen molar-refractivity contribution in [2.75, 3.05) is 39.6 Å². The lowest BCUT2D eigenvalue weighted by atomic mass is 10.2. The molecule has 0 aliphatic carbocycles. The summed E-state index contributed by atoms with van der Waals surface area (Å²) in [5.41, 5.74) is 12.5. The Balaban J connectivity index is 2.33. The number of rotatable bonds is 10. The number of nitrogens with two attached hydrogens (primary N) is 2. The smallest absolute Gasteiger partial charge is 0.119 e. The third-order valence-electron chi connectivity index (χ3n) is 2.80. The summed E-state index contributed by atoms with van der Waals surface area (Å²) in [6.07, 6.45) is 0. The van der Waals surface area contributed by atoms with Crippen LogP contribution < -0.4 is 31.6 Å². The van der Waals surface area contributed by atoms with Gasteiger partial charge in [-0.3, -0.25) is 0 Å². The number of nitrogens with one attached hydrogen (secondary N) is 3. The molecule has 0 aromatic heterocycles. The number of benzene rings is 1. The number of hydrogen-bond donors (Lipinski definition) is 7. The van der Waals surface area contributed by atoms with Gasteiger partial charge in [-0.2, -0.15) is 0 Å². The van der Waals surface area contributed by atoms with Crippen molar-refractivity contribution in [3.05, 3.63) is 41.3 Å². The molecule has 1 rings (SSSR count). The van der Waals surface area contributed by atoms with Crippen LogP contribution in [0, 0.1) is 5.18 Å². The molecule has 0 bridgehead atoms. The molecular weight excluding hydrogens is 330 g/mol. The van der Waals surface area contributed by atoms with Gasteiger partial charge in [0.25, 0.3) is 0 Å². The molecule has 0 saturated carbocycles. The Labute approximate surface area is 145 Å². The maximum atomic E-state index is 9.21. The number of ether oxygens (including phenoxy) is 1. The van der Waals surface area contributed by atoms with Crippen molar-refractivity contribution < 1.29 is 14.9 Å². The van der Waals surface area contributed by atoms with Gasteiger partial charge in [0, 0.05) is 18.7 Å². The first kappa shape index (κ1) is 20.0. The van der Waals surface area contributed by atoms with E-state index in [1.807, 2.05) is 24.3 Å². The second-order valence-electron chi connectivity index (χ2n) is 4.55. The van der Waals surface area contributed by atoms with E-state index in [9.17, 15) is 5.11 Å². The first-order valence-corrected chi connectivity index (χ1v) is 8.28. The van der Waals surface area contributed by atoms with Crippen LogP contribution in [0.3, 0.4) is 0 Å². The lowest BCUT2D eigenvalue weighted by Crippen LogP contribution is -2.34. The van der Waals surface area contributed by atoms with Gasteiger partial charge >= 0.3 is 0 Å². The van der Waals surface area contributed by atoms with Gasteiger partial charge < -0.3 is 37.1 Å². The largest absolute Gasteiger partial charge is 0.491 e. The molecule has 0 unspecified atom stereocenters. The average Bonchev–Trinajstić information content (AvgIpc) is 2.60. The number of hydrogen-bond acceptors (Lipinski definition) is 8. The van der Waals surface area contributed by atoms with E-state index < -0.39 is 0 Å². The van der Waals surface area contributed by atoms with Gasteiger partial charge in [0.05, 0.1) is 25.6 Å². The average molecular weight is 355 g/mol. The van der Waals surface area contributed by atoms with E-state index >= 15 is 0 Å². The predicted octanol–water partition coefficient (Wildman–Crippen LogP) is -1.18. The molecule has 0 atom stereocenters. The normalized spacial score (nSPS) is 11.3. The van der Waals surface area contributed by atoms with Gasteiger partial charge in [-0.1, -0.05) is 0 Å². The topological polar surface area (TPSA) is 138 Å². The van der Waals surface area contributed by atoms with E-state index in [0.29, 0.717) is 30.4 Å². The van der Waals surface area contributed by atoms with Gasteiger partial charge in [0.2, 0.25) is 0 Å². The minimum atomic E-state index is -0.186. The van der Waals surface area contributed by atoms with E-state index in [1.54, 1.807) is 0 Å². The van der Waals surface area contributed by atoms with Crippen molar-refractivity contribution in [3.8, 4) is 10.9 Å². The zero-order valence-electron chi connectivity index (χ0n) is 13.4. The summed E-state index contributed by atoms with van der Waals surface area (Å²) in [4.78, 5) is 0. The fourth-order valence-electron chi connectivity index (χ4n) is 1.65. The van der Waals surface area contributed by atoms with Crippen LogP contribution in [0.25, 0.3) is 0 Å². The Kier molecular flexibility index (Phi) is 10.4. The highest BCUT2D eigenvalue weighted by molar-refractivity contribution is 7.86. The van der Waals surface area contributed by atoms with Crippen LogP contribution in [0.1, 0.15) is 5.56 Å². The molecule has 0 aliphatic heterocycles. The zero-order valence-corrected chi connectivity index (χ0v) is 14.2. The molecule has 9 heteroatoms. The first-order valence-electron chi connectivity index (χ1n) is 7.47. The highest BCUT2D eigenvalue weighted by atomic mass is 32.1. The van der Waals surface area contributed by atoms with Crippen LogP contribution in [0.5, 0.6) is 5.75 Å². The predicted molar refractivity (Wildman–Crippen MR) is 96.1 cm³/mol. The molecule has 0 heterocycles. The molecule has 0 spiro atoms. The molecule has 0 amide bonds. The van der Waals surface area contributed by atoms with E-state index in [2.05, 4.69) is 20.5 Å². The molecule has 1 aromatic carbocycles. The Bertz CT molecular complexity index is 569. The fraction of sp³-hybridized carbons (Fsp3) is 0.400. The van der Waals surface area contributed by atoms with Crippen LogP contribution in [-0.2, 0) is 0 Å². The summed E-state index contributed by atoms with van der Waals surface area (Å²) < 4.78 is 8.40.